The van der Waals surface area contributed by atoms with Crippen LogP contribution < -0.4 is 0 Å². The van der Waals surface area contributed by atoms with Crippen molar-refractivity contribution >= 4 is 17.9 Å². The number of aliphatic carboxylic acids is 1. The first-order valence-electron chi connectivity index (χ1n) is 22.0. The fourth-order valence-corrected chi connectivity index (χ4v) is 5.96. The van der Waals surface area contributed by atoms with Gasteiger partial charge in [0.15, 0.2) is 12.1 Å². The SMILES string of the molecule is CC/C=C\C/C=C\C/C=C\C/C=C\CCC(=O)OC(COCCC(C(=O)O)[N+](C)(C)C)COC(=O)CCCCCCCCCCC/C=C\C/C=C\CCCCC. The number of hydrogen-bond donors (Lipinski definition) is 1. The van der Waals surface area contributed by atoms with Gasteiger partial charge in [-0.25, -0.2) is 4.79 Å². The number of carboxylic acids is 1. The third kappa shape index (κ3) is 36.4. The van der Waals surface area contributed by atoms with Crippen LogP contribution in [0.1, 0.15) is 162 Å². The van der Waals surface area contributed by atoms with Crippen LogP contribution in [0, 0.1) is 0 Å². The number of unbranched alkanes of at least 4 members (excludes halogenated alkanes) is 12. The molecule has 1 N–H and O–H groups in total. The Bertz CT molecular complexity index is 1140. The van der Waals surface area contributed by atoms with Gasteiger partial charge >= 0.3 is 17.9 Å². The van der Waals surface area contributed by atoms with E-state index in [4.69, 9.17) is 14.2 Å². The summed E-state index contributed by atoms with van der Waals surface area (Å²) in [7, 11) is 5.49. The van der Waals surface area contributed by atoms with Gasteiger partial charge in [0, 0.05) is 19.3 Å². The van der Waals surface area contributed by atoms with Gasteiger partial charge in [-0.3, -0.25) is 9.59 Å². The number of carbonyl (C=O) groups is 3. The van der Waals surface area contributed by atoms with Gasteiger partial charge < -0.3 is 23.8 Å². The minimum Gasteiger partial charge on any atom is -0.477 e. The summed E-state index contributed by atoms with van der Waals surface area (Å²) in [6.07, 6.45) is 48.2. The van der Waals surface area contributed by atoms with E-state index in [1.54, 1.807) is 0 Å². The number of likely N-dealkylation sites (N-methyl/N-ethyl adjacent to an activating group) is 1. The normalized spacial score (nSPS) is 13.7. The van der Waals surface area contributed by atoms with Gasteiger partial charge in [-0.05, 0) is 70.6 Å². The summed E-state index contributed by atoms with van der Waals surface area (Å²) < 4.78 is 17.2. The van der Waals surface area contributed by atoms with Crippen LogP contribution in [0.2, 0.25) is 0 Å². The number of esters is 2. The van der Waals surface area contributed by atoms with Crippen molar-refractivity contribution in [1.29, 1.82) is 0 Å². The highest BCUT2D eigenvalue weighted by atomic mass is 16.6. The average molecular weight is 785 g/mol. The molecule has 56 heavy (non-hydrogen) atoms. The van der Waals surface area contributed by atoms with E-state index in [1.165, 1.54) is 70.6 Å². The Balaban J connectivity index is 4.40. The lowest BCUT2D eigenvalue weighted by atomic mass is 10.1. The molecule has 0 heterocycles. The van der Waals surface area contributed by atoms with Crippen molar-refractivity contribution in [3.63, 3.8) is 0 Å². The van der Waals surface area contributed by atoms with Gasteiger partial charge in [0.1, 0.15) is 6.61 Å². The van der Waals surface area contributed by atoms with E-state index in [-0.39, 0.29) is 42.7 Å². The molecule has 0 fully saturated rings. The monoisotopic (exact) mass is 785 g/mol. The molecule has 0 spiro atoms. The Morgan fingerprint density at radius 1 is 0.554 bits per heavy atom. The second-order valence-corrected chi connectivity index (χ2v) is 15.6. The van der Waals surface area contributed by atoms with Gasteiger partial charge in [-0.15, -0.1) is 0 Å². The van der Waals surface area contributed by atoms with Crippen LogP contribution in [0.3, 0.4) is 0 Å². The number of carbonyl (C=O) groups excluding carboxylic acids is 2. The number of hydrogen-bond acceptors (Lipinski definition) is 6. The van der Waals surface area contributed by atoms with Crippen LogP contribution in [0.25, 0.3) is 0 Å². The minimum absolute atomic E-state index is 0.0278. The molecule has 0 aromatic heterocycles. The number of ether oxygens (including phenoxy) is 3. The summed E-state index contributed by atoms with van der Waals surface area (Å²) in [6, 6.07) is -0.630. The van der Waals surface area contributed by atoms with E-state index in [1.807, 2.05) is 33.3 Å². The van der Waals surface area contributed by atoms with Gasteiger partial charge in [-0.1, -0.05) is 145 Å². The fourth-order valence-electron chi connectivity index (χ4n) is 5.96. The lowest BCUT2D eigenvalue weighted by Crippen LogP contribution is -2.50. The zero-order valence-electron chi connectivity index (χ0n) is 36.3. The molecule has 0 aliphatic heterocycles. The van der Waals surface area contributed by atoms with Crippen molar-refractivity contribution in [3.05, 3.63) is 72.9 Å². The maximum absolute atomic E-state index is 12.7. The van der Waals surface area contributed by atoms with Gasteiger partial charge in [-0.2, -0.15) is 0 Å². The lowest BCUT2D eigenvalue weighted by Gasteiger charge is -2.31. The number of carboxylic acid groups (broad SMARTS) is 1. The topological polar surface area (TPSA) is 99.1 Å². The Kier molecular flexibility index (Phi) is 36.4. The highest BCUT2D eigenvalue weighted by Crippen LogP contribution is 2.13. The summed E-state index contributed by atoms with van der Waals surface area (Å²) in [4.78, 5) is 36.9. The van der Waals surface area contributed by atoms with Crippen molar-refractivity contribution < 1.29 is 38.2 Å². The first kappa shape index (κ1) is 52.8. The Morgan fingerprint density at radius 2 is 1.04 bits per heavy atom. The van der Waals surface area contributed by atoms with E-state index >= 15 is 0 Å². The van der Waals surface area contributed by atoms with E-state index < -0.39 is 18.1 Å². The molecule has 0 saturated heterocycles. The third-order valence-corrected chi connectivity index (χ3v) is 9.35. The van der Waals surface area contributed by atoms with Crippen molar-refractivity contribution in [3.8, 4) is 0 Å². The minimum atomic E-state index is -0.889. The predicted octanol–water partition coefficient (Wildman–Crippen LogP) is 12.0. The quantitative estimate of drug-likeness (QED) is 0.0288. The first-order chi connectivity index (χ1) is 27.1. The largest absolute Gasteiger partial charge is 0.477 e. The fraction of sp³-hybridized carbons (Fsp3) is 0.688. The maximum atomic E-state index is 12.7. The van der Waals surface area contributed by atoms with E-state index in [2.05, 4.69) is 74.6 Å². The van der Waals surface area contributed by atoms with Crippen LogP contribution in [0.4, 0.5) is 0 Å². The number of quaternary nitrogens is 1. The maximum Gasteiger partial charge on any atom is 0.362 e. The second kappa shape index (κ2) is 38.6. The molecular formula is C48H82NO7+. The second-order valence-electron chi connectivity index (χ2n) is 15.6. The lowest BCUT2D eigenvalue weighted by molar-refractivity contribution is -0.887. The van der Waals surface area contributed by atoms with Crippen molar-refractivity contribution in [2.75, 3.05) is 41.0 Å². The highest BCUT2D eigenvalue weighted by Gasteiger charge is 2.31. The molecule has 0 rings (SSSR count). The number of rotatable bonds is 38. The molecule has 0 bridgehead atoms. The molecule has 0 radical (unpaired) electrons. The first-order valence-corrected chi connectivity index (χ1v) is 22.0. The summed E-state index contributed by atoms with van der Waals surface area (Å²) in [5, 5.41) is 9.61. The molecular weight excluding hydrogens is 703 g/mol. The Morgan fingerprint density at radius 3 is 1.55 bits per heavy atom. The molecule has 8 heteroatoms. The third-order valence-electron chi connectivity index (χ3n) is 9.35. The van der Waals surface area contributed by atoms with E-state index in [9.17, 15) is 19.5 Å². The smallest absolute Gasteiger partial charge is 0.362 e. The molecule has 0 aliphatic rings. The number of allylic oxidation sites excluding steroid dienone is 12. The van der Waals surface area contributed by atoms with E-state index in [0.717, 1.165) is 51.4 Å². The highest BCUT2D eigenvalue weighted by molar-refractivity contribution is 5.72. The predicted molar refractivity (Wildman–Crippen MR) is 233 cm³/mol. The molecule has 0 aromatic carbocycles. The molecule has 0 aromatic rings. The molecule has 0 saturated carbocycles. The van der Waals surface area contributed by atoms with E-state index in [0.29, 0.717) is 19.3 Å². The van der Waals surface area contributed by atoms with Crippen molar-refractivity contribution in [1.82, 2.24) is 0 Å². The van der Waals surface area contributed by atoms with Crippen molar-refractivity contribution in [2.45, 2.75) is 174 Å². The molecule has 320 valence electrons. The summed E-state index contributed by atoms with van der Waals surface area (Å²) in [6.45, 7) is 4.50. The Labute approximate surface area is 342 Å². The summed E-state index contributed by atoms with van der Waals surface area (Å²) in [5.41, 5.74) is 0. The van der Waals surface area contributed by atoms with Gasteiger partial charge in [0.05, 0.1) is 34.4 Å². The molecule has 2 unspecified atom stereocenters. The Hall–Kier alpha value is -3.23. The standard InChI is InChI=1S/C48H81NO7/c1-6-8-10-12-14-16-18-20-21-22-23-24-25-27-28-30-32-34-36-38-46(50)55-43-44(42-54-41-40-45(48(52)53)49(3,4)5)56-47(51)39-37-35-33-31-29-26-19-17-15-13-11-9-7-2/h9,11,14-17,20-21,26,29,33,35,44-45H,6-8,10,12-13,18-19,22-25,27-28,30-32,34,36-43H2,1-5H3/p+1/b11-9-,16-14-,17-15-,21-20-,29-26-,35-33-. The zero-order chi connectivity index (χ0) is 41.4. The molecule has 0 aliphatic carbocycles. The summed E-state index contributed by atoms with van der Waals surface area (Å²) >= 11 is 0. The molecule has 8 nitrogen and oxygen atoms in total. The van der Waals surface area contributed by atoms with Crippen LogP contribution >= 0.6 is 0 Å². The van der Waals surface area contributed by atoms with Gasteiger partial charge in [0.25, 0.3) is 0 Å². The van der Waals surface area contributed by atoms with Crippen LogP contribution in [-0.4, -0.2) is 80.6 Å². The van der Waals surface area contributed by atoms with Crippen LogP contribution in [0.5, 0.6) is 0 Å². The number of nitrogens with zero attached hydrogens (tertiary/aromatic N) is 1. The van der Waals surface area contributed by atoms with Gasteiger partial charge in [0.2, 0.25) is 0 Å². The van der Waals surface area contributed by atoms with Crippen LogP contribution in [-0.2, 0) is 28.6 Å². The zero-order valence-corrected chi connectivity index (χ0v) is 36.3. The van der Waals surface area contributed by atoms with Crippen LogP contribution in [0.15, 0.2) is 72.9 Å². The summed E-state index contributed by atoms with van der Waals surface area (Å²) in [5.74, 6) is -1.58. The molecule has 0 amide bonds. The molecule has 2 atom stereocenters. The average Bonchev–Trinajstić information content (AvgIpc) is 3.15. The van der Waals surface area contributed by atoms with Crippen molar-refractivity contribution in [2.24, 2.45) is 0 Å².